The second kappa shape index (κ2) is 5.01. The third-order valence-corrected chi connectivity index (χ3v) is 2.59. The van der Waals surface area contributed by atoms with Crippen LogP contribution in [0.15, 0.2) is 30.3 Å². The molecule has 0 radical (unpaired) electrons. The number of hydrogen-bond donors (Lipinski definition) is 1. The number of benzene rings is 1. The van der Waals surface area contributed by atoms with Crippen LogP contribution in [0.5, 0.6) is 0 Å². The maximum absolute atomic E-state index is 13.0. The maximum atomic E-state index is 13.0. The number of hydrogen-bond acceptors (Lipinski definition) is 3. The molecule has 1 amide bonds. The molecule has 1 aromatic heterocycles. The average Bonchev–Trinajstić information content (AvgIpc) is 2.36. The van der Waals surface area contributed by atoms with E-state index in [4.69, 9.17) is 5.11 Å². The van der Waals surface area contributed by atoms with Crippen molar-refractivity contribution in [2.24, 2.45) is 0 Å². The quantitative estimate of drug-likeness (QED) is 0.910. The number of pyridine rings is 1. The van der Waals surface area contributed by atoms with Crippen LogP contribution < -0.4 is 0 Å². The van der Waals surface area contributed by atoms with E-state index in [0.29, 0.717) is 10.9 Å². The fourth-order valence-electron chi connectivity index (χ4n) is 1.69. The van der Waals surface area contributed by atoms with Crippen LogP contribution >= 0.6 is 0 Å². The van der Waals surface area contributed by atoms with Crippen LogP contribution in [0.3, 0.4) is 0 Å². The van der Waals surface area contributed by atoms with Crippen LogP contribution in [0.2, 0.25) is 0 Å². The minimum atomic E-state index is -1.10. The number of carboxylic acid groups (broad SMARTS) is 1. The van der Waals surface area contributed by atoms with Gasteiger partial charge in [-0.2, -0.15) is 0 Å². The smallest absolute Gasteiger partial charge is 0.323 e. The molecule has 5 nitrogen and oxygen atoms in total. The van der Waals surface area contributed by atoms with Crippen molar-refractivity contribution in [1.29, 1.82) is 0 Å². The number of rotatable bonds is 3. The lowest BCUT2D eigenvalue weighted by atomic mass is 10.2. The van der Waals surface area contributed by atoms with E-state index >= 15 is 0 Å². The van der Waals surface area contributed by atoms with Gasteiger partial charge in [0.1, 0.15) is 18.1 Å². The fraction of sp³-hybridized carbons (Fsp3) is 0.154. The molecule has 0 spiro atoms. The van der Waals surface area contributed by atoms with Crippen molar-refractivity contribution in [3.8, 4) is 0 Å². The lowest BCUT2D eigenvalue weighted by molar-refractivity contribution is -0.137. The number of nitrogens with zero attached hydrogens (tertiary/aromatic N) is 2. The molecular weight excluding hydrogens is 251 g/mol. The Bertz CT molecular complexity index is 657. The summed E-state index contributed by atoms with van der Waals surface area (Å²) in [5, 5.41) is 9.21. The molecule has 19 heavy (non-hydrogen) atoms. The number of carboxylic acids is 1. The number of aliphatic carboxylic acids is 1. The van der Waals surface area contributed by atoms with Crippen LogP contribution in [0, 0.1) is 5.82 Å². The SMILES string of the molecule is CN(CC(=O)O)C(=O)c1ccc2cc(F)ccc2n1. The van der Waals surface area contributed by atoms with Gasteiger partial charge in [-0.15, -0.1) is 0 Å². The molecule has 0 unspecified atom stereocenters. The first-order valence-electron chi connectivity index (χ1n) is 5.51. The maximum Gasteiger partial charge on any atom is 0.323 e. The highest BCUT2D eigenvalue weighted by Gasteiger charge is 2.15. The summed E-state index contributed by atoms with van der Waals surface area (Å²) in [5.41, 5.74) is 0.610. The highest BCUT2D eigenvalue weighted by Crippen LogP contribution is 2.14. The lowest BCUT2D eigenvalue weighted by Gasteiger charge is -2.14. The van der Waals surface area contributed by atoms with Gasteiger partial charge in [0.05, 0.1) is 5.52 Å². The monoisotopic (exact) mass is 262 g/mol. The third-order valence-electron chi connectivity index (χ3n) is 2.59. The number of carbonyl (C=O) groups excluding carboxylic acids is 1. The summed E-state index contributed by atoms with van der Waals surface area (Å²) < 4.78 is 13.0. The van der Waals surface area contributed by atoms with E-state index in [0.717, 1.165) is 4.90 Å². The molecule has 1 aromatic carbocycles. The van der Waals surface area contributed by atoms with Crippen molar-refractivity contribution >= 4 is 22.8 Å². The van der Waals surface area contributed by atoms with Crippen LogP contribution in [0.4, 0.5) is 4.39 Å². The number of amides is 1. The minimum absolute atomic E-state index is 0.128. The Balaban J connectivity index is 2.33. The molecular formula is C13H11FN2O3. The van der Waals surface area contributed by atoms with Crippen molar-refractivity contribution in [2.75, 3.05) is 13.6 Å². The van der Waals surface area contributed by atoms with Gasteiger partial charge < -0.3 is 10.0 Å². The van der Waals surface area contributed by atoms with Gasteiger partial charge in [-0.25, -0.2) is 9.37 Å². The predicted octanol–water partition coefficient (Wildman–Crippen LogP) is 1.53. The Hall–Kier alpha value is -2.50. The summed E-state index contributed by atoms with van der Waals surface area (Å²) in [4.78, 5) is 27.6. The first-order valence-corrected chi connectivity index (χ1v) is 5.51. The molecule has 0 aliphatic rings. The Morgan fingerprint density at radius 3 is 2.74 bits per heavy atom. The van der Waals surface area contributed by atoms with Gasteiger partial charge in [0.25, 0.3) is 5.91 Å². The standard InChI is InChI=1S/C13H11FN2O3/c1-16(7-12(17)18)13(19)11-4-2-8-6-9(14)3-5-10(8)15-11/h2-6H,7H2,1H3,(H,17,18). The number of halogens is 1. The van der Waals surface area contributed by atoms with E-state index < -0.39 is 18.4 Å². The minimum Gasteiger partial charge on any atom is -0.480 e. The zero-order chi connectivity index (χ0) is 14.0. The topological polar surface area (TPSA) is 70.5 Å². The molecule has 0 fully saturated rings. The van der Waals surface area contributed by atoms with Gasteiger partial charge in [0.2, 0.25) is 0 Å². The van der Waals surface area contributed by atoms with Gasteiger partial charge in [-0.1, -0.05) is 6.07 Å². The normalized spacial score (nSPS) is 10.4. The van der Waals surface area contributed by atoms with Crippen molar-refractivity contribution in [2.45, 2.75) is 0 Å². The van der Waals surface area contributed by atoms with Crippen molar-refractivity contribution < 1.29 is 19.1 Å². The molecule has 0 bridgehead atoms. The summed E-state index contributed by atoms with van der Waals surface area (Å²) >= 11 is 0. The molecule has 2 aromatic rings. The Kier molecular flexibility index (Phi) is 3.41. The Morgan fingerprint density at radius 2 is 2.05 bits per heavy atom. The predicted molar refractivity (Wildman–Crippen MR) is 66.3 cm³/mol. The number of fused-ring (bicyclic) bond motifs is 1. The first-order chi connectivity index (χ1) is 8.97. The van der Waals surface area contributed by atoms with Crippen LogP contribution in [-0.2, 0) is 4.79 Å². The van der Waals surface area contributed by atoms with Gasteiger partial charge in [0.15, 0.2) is 0 Å². The van der Waals surface area contributed by atoms with Crippen LogP contribution in [0.25, 0.3) is 10.9 Å². The number of likely N-dealkylation sites (N-methyl/N-ethyl adjacent to an activating group) is 1. The van der Waals surface area contributed by atoms with E-state index in [1.165, 1.54) is 31.3 Å². The molecule has 1 N–H and O–H groups in total. The number of aromatic nitrogens is 1. The van der Waals surface area contributed by atoms with E-state index in [1.807, 2.05) is 0 Å². The molecule has 6 heteroatoms. The molecule has 0 atom stereocenters. The van der Waals surface area contributed by atoms with E-state index in [1.54, 1.807) is 6.07 Å². The largest absolute Gasteiger partial charge is 0.480 e. The molecule has 2 rings (SSSR count). The summed E-state index contributed by atoms with van der Waals surface area (Å²) in [6.07, 6.45) is 0. The summed E-state index contributed by atoms with van der Waals surface area (Å²) in [6, 6.07) is 7.07. The Labute approximate surface area is 108 Å². The molecule has 98 valence electrons. The summed E-state index contributed by atoms with van der Waals surface area (Å²) in [6.45, 7) is -0.401. The summed E-state index contributed by atoms with van der Waals surface area (Å²) in [7, 11) is 1.38. The zero-order valence-corrected chi connectivity index (χ0v) is 10.1. The molecule has 0 aliphatic heterocycles. The summed E-state index contributed by atoms with van der Waals surface area (Å²) in [5.74, 6) is -1.97. The van der Waals surface area contributed by atoms with Crippen molar-refractivity contribution in [3.63, 3.8) is 0 Å². The number of carbonyl (C=O) groups is 2. The highest BCUT2D eigenvalue weighted by molar-refractivity contribution is 5.96. The van der Waals surface area contributed by atoms with Crippen molar-refractivity contribution in [3.05, 3.63) is 41.8 Å². The average molecular weight is 262 g/mol. The second-order valence-electron chi connectivity index (χ2n) is 4.09. The third kappa shape index (κ3) is 2.85. The Morgan fingerprint density at radius 1 is 1.32 bits per heavy atom. The van der Waals surface area contributed by atoms with Crippen molar-refractivity contribution in [1.82, 2.24) is 9.88 Å². The van der Waals surface area contributed by atoms with E-state index in [9.17, 15) is 14.0 Å². The molecule has 0 saturated carbocycles. The van der Waals surface area contributed by atoms with Gasteiger partial charge in [-0.05, 0) is 24.3 Å². The zero-order valence-electron chi connectivity index (χ0n) is 10.1. The van der Waals surface area contributed by atoms with Crippen LogP contribution in [0.1, 0.15) is 10.5 Å². The first kappa shape index (κ1) is 12.9. The highest BCUT2D eigenvalue weighted by atomic mass is 19.1. The van der Waals surface area contributed by atoms with E-state index in [2.05, 4.69) is 4.98 Å². The van der Waals surface area contributed by atoms with Gasteiger partial charge in [0, 0.05) is 12.4 Å². The van der Waals surface area contributed by atoms with Gasteiger partial charge >= 0.3 is 5.97 Å². The fourth-order valence-corrected chi connectivity index (χ4v) is 1.69. The van der Waals surface area contributed by atoms with Gasteiger partial charge in [-0.3, -0.25) is 9.59 Å². The molecule has 0 aliphatic carbocycles. The lowest BCUT2D eigenvalue weighted by Crippen LogP contribution is -2.32. The molecule has 1 heterocycles. The van der Waals surface area contributed by atoms with E-state index in [-0.39, 0.29) is 11.5 Å². The molecule has 0 saturated heterocycles. The van der Waals surface area contributed by atoms with Crippen LogP contribution in [-0.4, -0.2) is 40.5 Å². The second-order valence-corrected chi connectivity index (χ2v) is 4.09.